The first-order valence-corrected chi connectivity index (χ1v) is 11.5. The maximum Gasteiger partial charge on any atom is 0.416 e. The van der Waals surface area contributed by atoms with E-state index >= 15 is 0 Å². The number of carboxylic acids is 1. The number of benzene rings is 2. The van der Waals surface area contributed by atoms with Crippen LogP contribution in [-0.4, -0.2) is 16.1 Å². The summed E-state index contributed by atoms with van der Waals surface area (Å²) in [4.78, 5) is 14.5. The zero-order chi connectivity index (χ0) is 23.2. The SMILES string of the molecule is C.O=C(O)C[C@H]1CCc2c1[nH]c1ccc(OCc3ccc(C4CCCC4)c(C(F)(F)F)c3)cc21. The van der Waals surface area contributed by atoms with Gasteiger partial charge in [-0.1, -0.05) is 32.4 Å². The molecule has 0 amide bonds. The van der Waals surface area contributed by atoms with Crippen molar-refractivity contribution in [3.05, 3.63) is 64.3 Å². The molecule has 0 saturated heterocycles. The summed E-state index contributed by atoms with van der Waals surface area (Å²) in [6.07, 6.45) is 0.897. The lowest BCUT2D eigenvalue weighted by Gasteiger charge is -2.19. The van der Waals surface area contributed by atoms with Crippen LogP contribution in [0.5, 0.6) is 5.75 Å². The zero-order valence-electron chi connectivity index (χ0n) is 18.2. The molecule has 182 valence electrons. The second-order valence-electron chi connectivity index (χ2n) is 9.25. The molecule has 1 atom stereocenters. The van der Waals surface area contributed by atoms with Crippen molar-refractivity contribution in [1.82, 2.24) is 4.98 Å². The topological polar surface area (TPSA) is 62.3 Å². The summed E-state index contributed by atoms with van der Waals surface area (Å²) in [5.74, 6) is -0.264. The molecule has 5 rings (SSSR count). The number of nitrogens with one attached hydrogen (secondary N) is 1. The van der Waals surface area contributed by atoms with Crippen LogP contribution in [0.15, 0.2) is 36.4 Å². The molecule has 2 aromatic carbocycles. The summed E-state index contributed by atoms with van der Waals surface area (Å²) in [5.41, 5.74) is 3.36. The number of hydrogen-bond acceptors (Lipinski definition) is 2. The summed E-state index contributed by atoms with van der Waals surface area (Å²) >= 11 is 0. The smallest absolute Gasteiger partial charge is 0.416 e. The van der Waals surface area contributed by atoms with Crippen LogP contribution in [0.3, 0.4) is 0 Å². The van der Waals surface area contributed by atoms with Crippen LogP contribution in [0.25, 0.3) is 10.9 Å². The number of alkyl halides is 3. The number of halogens is 3. The fourth-order valence-electron chi connectivity index (χ4n) is 5.53. The number of carboxylic acid groups (broad SMARTS) is 1. The molecule has 0 spiro atoms. The fourth-order valence-corrected chi connectivity index (χ4v) is 5.53. The normalized spacial score (nSPS) is 18.1. The van der Waals surface area contributed by atoms with Gasteiger partial charge in [-0.2, -0.15) is 13.2 Å². The number of ether oxygens (including phenoxy) is 1. The van der Waals surface area contributed by atoms with Gasteiger partial charge in [-0.05, 0) is 72.6 Å². The minimum atomic E-state index is -4.38. The van der Waals surface area contributed by atoms with E-state index in [0.717, 1.165) is 60.7 Å². The van der Waals surface area contributed by atoms with Crippen molar-refractivity contribution in [2.75, 3.05) is 0 Å². The largest absolute Gasteiger partial charge is 0.489 e. The molecule has 1 saturated carbocycles. The molecule has 34 heavy (non-hydrogen) atoms. The first-order chi connectivity index (χ1) is 15.8. The Balaban J connectivity index is 0.00000274. The predicted octanol–water partition coefficient (Wildman–Crippen LogP) is 7.56. The van der Waals surface area contributed by atoms with E-state index in [-0.39, 0.29) is 32.3 Å². The van der Waals surface area contributed by atoms with Crippen LogP contribution < -0.4 is 4.74 Å². The molecule has 0 aliphatic heterocycles. The summed E-state index contributed by atoms with van der Waals surface area (Å²) in [7, 11) is 0. The van der Waals surface area contributed by atoms with Crippen molar-refractivity contribution in [1.29, 1.82) is 0 Å². The molecular formula is C27H30F3NO3. The van der Waals surface area contributed by atoms with Crippen LogP contribution in [-0.2, 0) is 24.0 Å². The Bertz CT molecular complexity index is 1190. The lowest BCUT2D eigenvalue weighted by Crippen LogP contribution is -2.12. The Hall–Kier alpha value is -2.96. The quantitative estimate of drug-likeness (QED) is 0.388. The number of H-pyrrole nitrogens is 1. The predicted molar refractivity (Wildman–Crippen MR) is 125 cm³/mol. The fraction of sp³-hybridized carbons (Fsp3) is 0.444. The van der Waals surface area contributed by atoms with E-state index in [9.17, 15) is 18.0 Å². The Morgan fingerprint density at radius 1 is 1.09 bits per heavy atom. The standard InChI is InChI=1S/C26H26F3NO3.CH4/c27-26(28,29)22-11-15(5-8-19(22)16-3-1-2-4-16)14-33-18-7-10-23-21(13-18)20-9-6-17(12-24(31)32)25(20)30-23;/h5,7-8,10-11,13,16-17,30H,1-4,6,9,12,14H2,(H,31,32);1H4/t17-;/m1./s1. The highest BCUT2D eigenvalue weighted by atomic mass is 19.4. The monoisotopic (exact) mass is 473 g/mol. The van der Waals surface area contributed by atoms with E-state index in [4.69, 9.17) is 9.84 Å². The van der Waals surface area contributed by atoms with Crippen LogP contribution in [0.4, 0.5) is 13.2 Å². The first kappa shape index (κ1) is 24.2. The van der Waals surface area contributed by atoms with Crippen molar-refractivity contribution >= 4 is 16.9 Å². The van der Waals surface area contributed by atoms with Gasteiger partial charge < -0.3 is 14.8 Å². The lowest BCUT2D eigenvalue weighted by atomic mass is 9.91. The number of aryl methyl sites for hydroxylation is 1. The first-order valence-electron chi connectivity index (χ1n) is 11.5. The zero-order valence-corrected chi connectivity index (χ0v) is 18.2. The van der Waals surface area contributed by atoms with E-state index in [2.05, 4.69) is 4.98 Å². The van der Waals surface area contributed by atoms with Crippen molar-refractivity contribution in [3.63, 3.8) is 0 Å². The summed E-state index contributed by atoms with van der Waals surface area (Å²) in [5, 5.41) is 10.1. The molecular weight excluding hydrogens is 443 g/mol. The minimum absolute atomic E-state index is 0. The molecule has 0 unspecified atom stereocenters. The highest BCUT2D eigenvalue weighted by molar-refractivity contribution is 5.87. The van der Waals surface area contributed by atoms with Gasteiger partial charge >= 0.3 is 12.1 Å². The third-order valence-corrected chi connectivity index (χ3v) is 7.11. The van der Waals surface area contributed by atoms with Gasteiger partial charge in [0.15, 0.2) is 0 Å². The Labute approximate surface area is 197 Å². The van der Waals surface area contributed by atoms with Crippen LogP contribution in [0.2, 0.25) is 0 Å². The molecule has 1 fully saturated rings. The highest BCUT2D eigenvalue weighted by Gasteiger charge is 2.36. The average molecular weight is 474 g/mol. The molecule has 2 aliphatic carbocycles. The number of aliphatic carboxylic acids is 1. The minimum Gasteiger partial charge on any atom is -0.489 e. The number of aromatic nitrogens is 1. The molecule has 2 aliphatic rings. The molecule has 1 heterocycles. The van der Waals surface area contributed by atoms with Gasteiger partial charge in [-0.15, -0.1) is 0 Å². The third-order valence-electron chi connectivity index (χ3n) is 7.11. The molecule has 4 nitrogen and oxygen atoms in total. The second kappa shape index (κ2) is 9.35. The van der Waals surface area contributed by atoms with Gasteiger partial charge in [0.25, 0.3) is 0 Å². The van der Waals surface area contributed by atoms with Crippen LogP contribution in [0, 0.1) is 0 Å². The van der Waals surface area contributed by atoms with Crippen molar-refractivity contribution in [2.45, 2.75) is 77.0 Å². The van der Waals surface area contributed by atoms with Gasteiger partial charge in [0.2, 0.25) is 0 Å². The Morgan fingerprint density at radius 3 is 2.56 bits per heavy atom. The second-order valence-corrected chi connectivity index (χ2v) is 9.25. The van der Waals surface area contributed by atoms with Crippen molar-refractivity contribution < 1.29 is 27.8 Å². The molecule has 0 radical (unpaired) electrons. The van der Waals surface area contributed by atoms with Crippen molar-refractivity contribution in [3.8, 4) is 5.75 Å². The van der Waals surface area contributed by atoms with Crippen molar-refractivity contribution in [2.24, 2.45) is 0 Å². The maximum atomic E-state index is 13.7. The summed E-state index contributed by atoms with van der Waals surface area (Å²) in [6, 6.07) is 10.2. The molecule has 2 N–H and O–H groups in total. The van der Waals surface area contributed by atoms with Gasteiger partial charge in [0, 0.05) is 22.5 Å². The van der Waals surface area contributed by atoms with Gasteiger partial charge in [0.05, 0.1) is 12.0 Å². The summed E-state index contributed by atoms with van der Waals surface area (Å²) < 4.78 is 47.1. The van der Waals surface area contributed by atoms with E-state index in [1.165, 1.54) is 6.07 Å². The lowest BCUT2D eigenvalue weighted by molar-refractivity contribution is -0.139. The van der Waals surface area contributed by atoms with Crippen LogP contribution in [0.1, 0.15) is 85.7 Å². The average Bonchev–Trinajstić information content (AvgIpc) is 3.49. The number of fused-ring (bicyclic) bond motifs is 3. The number of carbonyl (C=O) groups is 1. The number of aromatic amines is 1. The van der Waals surface area contributed by atoms with Crippen LogP contribution >= 0.6 is 0 Å². The molecule has 3 aromatic rings. The molecule has 1 aromatic heterocycles. The van der Waals surface area contributed by atoms with E-state index in [1.54, 1.807) is 18.2 Å². The summed E-state index contributed by atoms with van der Waals surface area (Å²) in [6.45, 7) is 0.0494. The van der Waals surface area contributed by atoms with Gasteiger partial charge in [-0.3, -0.25) is 4.79 Å². The Morgan fingerprint density at radius 2 is 1.85 bits per heavy atom. The highest BCUT2D eigenvalue weighted by Crippen LogP contribution is 2.43. The number of rotatable bonds is 6. The van der Waals surface area contributed by atoms with E-state index in [0.29, 0.717) is 16.9 Å². The molecule has 0 bridgehead atoms. The third kappa shape index (κ3) is 4.65. The van der Waals surface area contributed by atoms with E-state index < -0.39 is 17.7 Å². The maximum absolute atomic E-state index is 13.7. The van der Waals surface area contributed by atoms with E-state index in [1.807, 2.05) is 12.1 Å². The molecule has 7 heteroatoms. The van der Waals surface area contributed by atoms with Gasteiger partial charge in [-0.25, -0.2) is 0 Å². The Kier molecular flexibility index (Phi) is 6.65. The van der Waals surface area contributed by atoms with Gasteiger partial charge in [0.1, 0.15) is 12.4 Å². The number of hydrogen-bond donors (Lipinski definition) is 2.